The smallest absolute Gasteiger partial charge is 0.328 e. The van der Waals surface area contributed by atoms with E-state index in [9.17, 15) is 4.79 Å². The topological polar surface area (TPSA) is 53.4 Å². The van der Waals surface area contributed by atoms with Crippen LogP contribution in [0.15, 0.2) is 18.3 Å². The van der Waals surface area contributed by atoms with E-state index in [1.807, 2.05) is 13.0 Å². The Morgan fingerprint density at radius 2 is 2.20 bits per heavy atom. The largest absolute Gasteiger partial charge is 0.478 e. The molecule has 4 heteroatoms. The van der Waals surface area contributed by atoms with E-state index in [1.165, 1.54) is 12.8 Å². The van der Waals surface area contributed by atoms with Crippen LogP contribution < -0.4 is 4.90 Å². The average Bonchev–Trinajstić information content (AvgIpc) is 2.39. The molecule has 1 N–H and O–H groups in total. The second-order valence-corrected chi connectivity index (χ2v) is 5.76. The molecule has 4 nitrogen and oxygen atoms in total. The highest BCUT2D eigenvalue weighted by Gasteiger charge is 2.24. The van der Waals surface area contributed by atoms with Crippen LogP contribution in [0.4, 0.5) is 5.82 Å². The number of carbonyl (C=O) groups is 1. The zero-order chi connectivity index (χ0) is 14.7. The van der Waals surface area contributed by atoms with Gasteiger partial charge in [-0.3, -0.25) is 0 Å². The molecule has 1 aromatic rings. The van der Waals surface area contributed by atoms with Crippen molar-refractivity contribution in [3.05, 3.63) is 29.5 Å². The first-order valence-corrected chi connectivity index (χ1v) is 7.11. The van der Waals surface area contributed by atoms with Crippen molar-refractivity contribution in [1.29, 1.82) is 0 Å². The highest BCUT2D eigenvalue weighted by molar-refractivity contribution is 5.85. The van der Waals surface area contributed by atoms with Crippen LogP contribution in [0.25, 0.3) is 6.08 Å². The van der Waals surface area contributed by atoms with Crippen molar-refractivity contribution in [2.45, 2.75) is 39.7 Å². The molecule has 0 aliphatic carbocycles. The van der Waals surface area contributed by atoms with E-state index in [4.69, 9.17) is 5.11 Å². The molecule has 1 aromatic heterocycles. The Balaban J connectivity index is 2.22. The van der Waals surface area contributed by atoms with Gasteiger partial charge in [-0.05, 0) is 55.9 Å². The van der Waals surface area contributed by atoms with E-state index in [-0.39, 0.29) is 0 Å². The van der Waals surface area contributed by atoms with E-state index >= 15 is 0 Å². The summed E-state index contributed by atoms with van der Waals surface area (Å²) in [7, 11) is 0. The highest BCUT2D eigenvalue weighted by Crippen LogP contribution is 2.28. The Bertz CT molecular complexity index is 525. The number of piperidine rings is 1. The fourth-order valence-corrected chi connectivity index (χ4v) is 2.73. The Labute approximate surface area is 120 Å². The summed E-state index contributed by atoms with van der Waals surface area (Å²) in [6.45, 7) is 7.59. The minimum atomic E-state index is -0.940. The molecule has 0 spiro atoms. The second kappa shape index (κ2) is 6.07. The summed E-state index contributed by atoms with van der Waals surface area (Å²) >= 11 is 0. The van der Waals surface area contributed by atoms with E-state index in [2.05, 4.69) is 23.7 Å². The summed E-state index contributed by atoms with van der Waals surface area (Å²) in [4.78, 5) is 17.5. The highest BCUT2D eigenvalue weighted by atomic mass is 16.4. The van der Waals surface area contributed by atoms with Gasteiger partial charge < -0.3 is 10.0 Å². The molecule has 0 aromatic carbocycles. The number of aromatic nitrogens is 1. The van der Waals surface area contributed by atoms with Gasteiger partial charge in [0.15, 0.2) is 0 Å². The summed E-state index contributed by atoms with van der Waals surface area (Å²) in [6, 6.07) is 2.51. The number of pyridine rings is 1. The van der Waals surface area contributed by atoms with Crippen molar-refractivity contribution in [3.63, 3.8) is 0 Å². The first-order valence-electron chi connectivity index (χ1n) is 7.11. The lowest BCUT2D eigenvalue weighted by Gasteiger charge is -2.38. The summed E-state index contributed by atoms with van der Waals surface area (Å²) in [6.07, 6.45) is 6.93. The van der Waals surface area contributed by atoms with Crippen LogP contribution in [0, 0.1) is 12.8 Å². The van der Waals surface area contributed by atoms with Gasteiger partial charge in [-0.2, -0.15) is 0 Å². The molecule has 2 atom stereocenters. The fourth-order valence-electron chi connectivity index (χ4n) is 2.73. The van der Waals surface area contributed by atoms with Crippen LogP contribution in [-0.2, 0) is 4.79 Å². The van der Waals surface area contributed by atoms with Crippen LogP contribution in [0.1, 0.15) is 37.8 Å². The van der Waals surface area contributed by atoms with Gasteiger partial charge in [-0.25, -0.2) is 9.78 Å². The van der Waals surface area contributed by atoms with Gasteiger partial charge in [0.1, 0.15) is 5.82 Å². The molecule has 2 unspecified atom stereocenters. The fraction of sp³-hybridized carbons (Fsp3) is 0.500. The molecule has 2 heterocycles. The van der Waals surface area contributed by atoms with Crippen LogP contribution in [0.5, 0.6) is 0 Å². The number of aliphatic carboxylic acids is 1. The number of carboxylic acids is 1. The third kappa shape index (κ3) is 3.38. The Kier molecular flexibility index (Phi) is 4.42. The lowest BCUT2D eigenvalue weighted by atomic mass is 9.94. The predicted molar refractivity (Wildman–Crippen MR) is 80.8 cm³/mol. The Hall–Kier alpha value is -1.84. The standard InChI is InChI=1S/C16H22N2O2/c1-11-4-5-13(3)18(10-11)16-12(2)8-14(9-17-16)6-7-15(19)20/h6-9,11,13H,4-5,10H2,1-3H3,(H,19,20)/b7-6+. The lowest BCUT2D eigenvalue weighted by molar-refractivity contribution is -0.131. The van der Waals surface area contributed by atoms with Crippen molar-refractivity contribution in [2.24, 2.45) is 5.92 Å². The van der Waals surface area contributed by atoms with Gasteiger partial charge >= 0.3 is 5.97 Å². The molecule has 0 bridgehead atoms. The van der Waals surface area contributed by atoms with Crippen molar-refractivity contribution < 1.29 is 9.90 Å². The number of hydrogen-bond donors (Lipinski definition) is 1. The molecular weight excluding hydrogens is 252 g/mol. The van der Waals surface area contributed by atoms with Crippen molar-refractivity contribution in [3.8, 4) is 0 Å². The maximum Gasteiger partial charge on any atom is 0.328 e. The molecule has 2 rings (SSSR count). The number of anilines is 1. The third-order valence-corrected chi connectivity index (χ3v) is 3.88. The summed E-state index contributed by atoms with van der Waals surface area (Å²) in [5.41, 5.74) is 1.92. The van der Waals surface area contributed by atoms with Crippen molar-refractivity contribution >= 4 is 17.9 Å². The van der Waals surface area contributed by atoms with Crippen molar-refractivity contribution in [2.75, 3.05) is 11.4 Å². The molecule has 0 radical (unpaired) electrons. The van der Waals surface area contributed by atoms with Crippen LogP contribution in [-0.4, -0.2) is 28.6 Å². The predicted octanol–water partition coefficient (Wildman–Crippen LogP) is 3.11. The summed E-state index contributed by atoms with van der Waals surface area (Å²) in [5.74, 6) is 0.778. The van der Waals surface area contributed by atoms with Gasteiger partial charge in [-0.1, -0.05) is 6.92 Å². The molecule has 1 fully saturated rings. The summed E-state index contributed by atoms with van der Waals surface area (Å²) in [5, 5.41) is 8.65. The van der Waals surface area contributed by atoms with E-state index < -0.39 is 5.97 Å². The minimum absolute atomic E-state index is 0.512. The maximum atomic E-state index is 10.5. The van der Waals surface area contributed by atoms with Gasteiger partial charge in [0.25, 0.3) is 0 Å². The Morgan fingerprint density at radius 3 is 2.85 bits per heavy atom. The third-order valence-electron chi connectivity index (χ3n) is 3.88. The number of aryl methyl sites for hydroxylation is 1. The first-order chi connectivity index (χ1) is 9.47. The van der Waals surface area contributed by atoms with Gasteiger partial charge in [0.2, 0.25) is 0 Å². The molecule has 1 aliphatic heterocycles. The van der Waals surface area contributed by atoms with Crippen LogP contribution >= 0.6 is 0 Å². The monoisotopic (exact) mass is 274 g/mol. The number of carboxylic acid groups (broad SMARTS) is 1. The average molecular weight is 274 g/mol. The number of hydrogen-bond acceptors (Lipinski definition) is 3. The lowest BCUT2D eigenvalue weighted by Crippen LogP contribution is -2.41. The quantitative estimate of drug-likeness (QED) is 0.860. The van der Waals surface area contributed by atoms with Gasteiger partial charge in [-0.15, -0.1) is 0 Å². The van der Waals surface area contributed by atoms with E-state index in [0.717, 1.165) is 29.6 Å². The molecule has 20 heavy (non-hydrogen) atoms. The van der Waals surface area contributed by atoms with Crippen LogP contribution in [0.3, 0.4) is 0 Å². The molecule has 0 amide bonds. The normalized spacial score (nSPS) is 23.2. The molecule has 0 saturated carbocycles. The number of nitrogens with zero attached hydrogens (tertiary/aromatic N) is 2. The first kappa shape index (κ1) is 14.6. The maximum absolute atomic E-state index is 10.5. The van der Waals surface area contributed by atoms with E-state index in [0.29, 0.717) is 12.0 Å². The summed E-state index contributed by atoms with van der Waals surface area (Å²) < 4.78 is 0. The SMILES string of the molecule is Cc1cc(/C=C/C(=O)O)cnc1N1CC(C)CCC1C. The Morgan fingerprint density at radius 1 is 1.45 bits per heavy atom. The van der Waals surface area contributed by atoms with Crippen molar-refractivity contribution in [1.82, 2.24) is 4.98 Å². The molecule has 1 saturated heterocycles. The van der Waals surface area contributed by atoms with Gasteiger partial charge in [0.05, 0.1) is 0 Å². The zero-order valence-electron chi connectivity index (χ0n) is 12.3. The molecule has 108 valence electrons. The minimum Gasteiger partial charge on any atom is -0.478 e. The molecular formula is C16H22N2O2. The van der Waals surface area contributed by atoms with E-state index in [1.54, 1.807) is 12.3 Å². The van der Waals surface area contributed by atoms with Crippen LogP contribution in [0.2, 0.25) is 0 Å². The second-order valence-electron chi connectivity index (χ2n) is 5.76. The van der Waals surface area contributed by atoms with Gasteiger partial charge in [0, 0.05) is 24.9 Å². The zero-order valence-corrected chi connectivity index (χ0v) is 12.3. The number of rotatable bonds is 3. The molecule has 1 aliphatic rings.